The van der Waals surface area contributed by atoms with Gasteiger partial charge in [0.1, 0.15) is 0 Å². The predicted molar refractivity (Wildman–Crippen MR) is 88.8 cm³/mol. The third-order valence-electron chi connectivity index (χ3n) is 3.23. The van der Waals surface area contributed by atoms with Gasteiger partial charge in [0.25, 0.3) is 0 Å². The summed E-state index contributed by atoms with van der Waals surface area (Å²) in [7, 11) is 0. The molecule has 0 bridgehead atoms. The Morgan fingerprint density at radius 2 is 1.95 bits per heavy atom. The van der Waals surface area contributed by atoms with Crippen LogP contribution in [-0.4, -0.2) is 16.6 Å². The van der Waals surface area contributed by atoms with Gasteiger partial charge < -0.3 is 10.3 Å². The van der Waals surface area contributed by atoms with Crippen LogP contribution in [0.15, 0.2) is 59.6 Å². The van der Waals surface area contributed by atoms with E-state index in [2.05, 4.69) is 29.4 Å². The van der Waals surface area contributed by atoms with Crippen LogP contribution in [0.3, 0.4) is 0 Å². The average Bonchev–Trinajstić information content (AvgIpc) is 2.94. The number of fused-ring (bicyclic) bond motifs is 1. The van der Waals surface area contributed by atoms with Crippen LogP contribution in [0.5, 0.6) is 0 Å². The van der Waals surface area contributed by atoms with Gasteiger partial charge in [0.05, 0.1) is 5.75 Å². The van der Waals surface area contributed by atoms with Crippen LogP contribution in [0.4, 0.5) is 5.69 Å². The smallest absolute Gasteiger partial charge is 0.234 e. The zero-order valence-electron chi connectivity index (χ0n) is 11.7. The summed E-state index contributed by atoms with van der Waals surface area (Å²) in [6, 6.07) is 16.1. The minimum Gasteiger partial charge on any atom is -0.361 e. The van der Waals surface area contributed by atoms with E-state index in [-0.39, 0.29) is 5.91 Å². The lowest BCUT2D eigenvalue weighted by Gasteiger charge is -2.05. The number of rotatable bonds is 4. The average molecular weight is 296 g/mol. The van der Waals surface area contributed by atoms with Gasteiger partial charge in [0.15, 0.2) is 0 Å². The molecule has 2 N–H and O–H groups in total. The summed E-state index contributed by atoms with van der Waals surface area (Å²) in [5.41, 5.74) is 3.07. The Labute approximate surface area is 127 Å². The number of nitrogens with one attached hydrogen (secondary N) is 2. The fourth-order valence-corrected chi connectivity index (χ4v) is 2.80. The van der Waals surface area contributed by atoms with Gasteiger partial charge in [0, 0.05) is 22.3 Å². The van der Waals surface area contributed by atoms with E-state index in [9.17, 15) is 4.79 Å². The van der Waals surface area contributed by atoms with E-state index in [0.29, 0.717) is 5.75 Å². The Bertz CT molecular complexity index is 762. The number of benzene rings is 2. The SMILES string of the molecule is Cc1ccc(SCC(=O)Nc2ccc3cc[nH]c3c2)cc1. The molecule has 3 nitrogen and oxygen atoms in total. The van der Waals surface area contributed by atoms with E-state index < -0.39 is 0 Å². The summed E-state index contributed by atoms with van der Waals surface area (Å²) < 4.78 is 0. The first-order valence-corrected chi connectivity index (χ1v) is 7.76. The monoisotopic (exact) mass is 296 g/mol. The van der Waals surface area contributed by atoms with Crippen molar-refractivity contribution in [1.82, 2.24) is 4.98 Å². The predicted octanol–water partition coefficient (Wildman–Crippen LogP) is 4.21. The molecule has 0 saturated carbocycles. The van der Waals surface area contributed by atoms with Crippen molar-refractivity contribution in [2.75, 3.05) is 11.1 Å². The van der Waals surface area contributed by atoms with Crippen molar-refractivity contribution < 1.29 is 4.79 Å². The third-order valence-corrected chi connectivity index (χ3v) is 4.24. The first kappa shape index (κ1) is 13.8. The first-order chi connectivity index (χ1) is 10.2. The maximum absolute atomic E-state index is 12.0. The van der Waals surface area contributed by atoms with Crippen LogP contribution in [-0.2, 0) is 4.79 Å². The summed E-state index contributed by atoms with van der Waals surface area (Å²) in [4.78, 5) is 16.2. The molecule has 21 heavy (non-hydrogen) atoms. The molecule has 0 radical (unpaired) electrons. The molecule has 4 heteroatoms. The van der Waals surface area contributed by atoms with Crippen molar-refractivity contribution in [2.24, 2.45) is 0 Å². The minimum absolute atomic E-state index is 0.00600. The number of amides is 1. The van der Waals surface area contributed by atoms with Crippen molar-refractivity contribution in [3.63, 3.8) is 0 Å². The Morgan fingerprint density at radius 3 is 2.76 bits per heavy atom. The molecule has 0 fully saturated rings. The number of thioether (sulfide) groups is 1. The summed E-state index contributed by atoms with van der Waals surface area (Å²) in [5, 5.41) is 4.07. The molecule has 0 saturated heterocycles. The highest BCUT2D eigenvalue weighted by molar-refractivity contribution is 8.00. The summed E-state index contributed by atoms with van der Waals surface area (Å²) >= 11 is 1.54. The van der Waals surface area contributed by atoms with Crippen molar-refractivity contribution in [1.29, 1.82) is 0 Å². The second-order valence-electron chi connectivity index (χ2n) is 4.93. The van der Waals surface area contributed by atoms with Gasteiger partial charge >= 0.3 is 0 Å². The number of aromatic nitrogens is 1. The first-order valence-electron chi connectivity index (χ1n) is 6.77. The fraction of sp³-hybridized carbons (Fsp3) is 0.118. The molecule has 0 aliphatic heterocycles. The molecule has 0 aliphatic rings. The molecule has 0 aliphatic carbocycles. The molecular formula is C17H16N2OS. The highest BCUT2D eigenvalue weighted by Crippen LogP contribution is 2.20. The van der Waals surface area contributed by atoms with Crippen molar-refractivity contribution in [3.05, 3.63) is 60.3 Å². The zero-order chi connectivity index (χ0) is 14.7. The topological polar surface area (TPSA) is 44.9 Å². The molecule has 2 aromatic carbocycles. The Hall–Kier alpha value is -2.20. The normalized spacial score (nSPS) is 10.7. The summed E-state index contributed by atoms with van der Waals surface area (Å²) in [6.07, 6.45) is 1.89. The van der Waals surface area contributed by atoms with Crippen LogP contribution in [0.25, 0.3) is 10.9 Å². The number of aromatic amines is 1. The number of aryl methyl sites for hydroxylation is 1. The van der Waals surface area contributed by atoms with Crippen molar-refractivity contribution >= 4 is 34.3 Å². The quantitative estimate of drug-likeness (QED) is 0.708. The van der Waals surface area contributed by atoms with Gasteiger partial charge in [0.2, 0.25) is 5.91 Å². The summed E-state index contributed by atoms with van der Waals surface area (Å²) in [6.45, 7) is 2.05. The molecule has 1 heterocycles. The number of hydrogen-bond donors (Lipinski definition) is 2. The maximum Gasteiger partial charge on any atom is 0.234 e. The van der Waals surface area contributed by atoms with E-state index >= 15 is 0 Å². The Morgan fingerprint density at radius 1 is 1.14 bits per heavy atom. The molecule has 3 aromatic rings. The molecule has 3 rings (SSSR count). The molecule has 1 aromatic heterocycles. The van der Waals surface area contributed by atoms with Gasteiger partial charge in [-0.3, -0.25) is 4.79 Å². The Kier molecular flexibility index (Phi) is 3.97. The third kappa shape index (κ3) is 3.47. The molecule has 0 atom stereocenters. The number of anilines is 1. The van der Waals surface area contributed by atoms with E-state index in [0.717, 1.165) is 21.5 Å². The lowest BCUT2D eigenvalue weighted by molar-refractivity contribution is -0.113. The van der Waals surface area contributed by atoms with E-state index in [1.165, 1.54) is 5.56 Å². The molecule has 0 spiro atoms. The molecule has 106 valence electrons. The lowest BCUT2D eigenvalue weighted by atomic mass is 10.2. The number of carbonyl (C=O) groups is 1. The largest absolute Gasteiger partial charge is 0.361 e. The van der Waals surface area contributed by atoms with Gasteiger partial charge in [-0.1, -0.05) is 23.8 Å². The maximum atomic E-state index is 12.0. The Balaban J connectivity index is 1.59. The number of H-pyrrole nitrogens is 1. The van der Waals surface area contributed by atoms with Crippen LogP contribution >= 0.6 is 11.8 Å². The fourth-order valence-electron chi connectivity index (χ4n) is 2.11. The van der Waals surface area contributed by atoms with Crippen molar-refractivity contribution in [3.8, 4) is 0 Å². The molecule has 1 amide bonds. The lowest BCUT2D eigenvalue weighted by Crippen LogP contribution is -2.13. The minimum atomic E-state index is 0.00600. The van der Waals surface area contributed by atoms with Gasteiger partial charge in [-0.25, -0.2) is 0 Å². The van der Waals surface area contributed by atoms with Crippen LogP contribution in [0.2, 0.25) is 0 Å². The molecule has 0 unspecified atom stereocenters. The number of hydrogen-bond acceptors (Lipinski definition) is 2. The van der Waals surface area contributed by atoms with Gasteiger partial charge in [-0.15, -0.1) is 11.8 Å². The zero-order valence-corrected chi connectivity index (χ0v) is 12.5. The molecular weight excluding hydrogens is 280 g/mol. The van der Waals surface area contributed by atoms with E-state index in [1.807, 2.05) is 42.6 Å². The van der Waals surface area contributed by atoms with Gasteiger partial charge in [-0.05, 0) is 42.6 Å². The highest BCUT2D eigenvalue weighted by Gasteiger charge is 2.04. The number of carbonyl (C=O) groups excluding carboxylic acids is 1. The summed E-state index contributed by atoms with van der Waals surface area (Å²) in [5.74, 6) is 0.415. The second kappa shape index (κ2) is 6.06. The van der Waals surface area contributed by atoms with Crippen LogP contribution in [0, 0.1) is 6.92 Å². The van der Waals surface area contributed by atoms with E-state index in [4.69, 9.17) is 0 Å². The highest BCUT2D eigenvalue weighted by atomic mass is 32.2. The standard InChI is InChI=1S/C17H16N2OS/c1-12-2-6-15(7-3-12)21-11-17(20)19-14-5-4-13-8-9-18-16(13)10-14/h2-10,18H,11H2,1H3,(H,19,20). The van der Waals surface area contributed by atoms with Crippen LogP contribution < -0.4 is 5.32 Å². The van der Waals surface area contributed by atoms with Crippen LogP contribution in [0.1, 0.15) is 5.56 Å². The second-order valence-corrected chi connectivity index (χ2v) is 5.98. The van der Waals surface area contributed by atoms with Gasteiger partial charge in [-0.2, -0.15) is 0 Å². The van der Waals surface area contributed by atoms with Crippen molar-refractivity contribution in [2.45, 2.75) is 11.8 Å². The van der Waals surface area contributed by atoms with E-state index in [1.54, 1.807) is 11.8 Å².